The van der Waals surface area contributed by atoms with Gasteiger partial charge in [-0.05, 0) is 37.1 Å². The molecule has 2 amide bonds. The second-order valence-electron chi connectivity index (χ2n) is 7.72. The van der Waals surface area contributed by atoms with Crippen molar-refractivity contribution in [1.82, 2.24) is 5.32 Å². The first-order valence-corrected chi connectivity index (χ1v) is 9.55. The van der Waals surface area contributed by atoms with E-state index < -0.39 is 41.2 Å². The number of carbonyl (C=O) groups excluding carboxylic acids is 2. The fraction of sp³-hybridized carbons (Fsp3) is 0.318. The number of benzene rings is 2. The molecule has 2 aromatic rings. The number of hydrogen-bond acceptors (Lipinski definition) is 5. The van der Waals surface area contributed by atoms with Crippen molar-refractivity contribution in [2.24, 2.45) is 11.8 Å². The molecule has 2 heterocycles. The maximum absolute atomic E-state index is 13.3. The van der Waals surface area contributed by atoms with Gasteiger partial charge in [0.05, 0.1) is 17.5 Å². The molecule has 4 rings (SSSR count). The molecule has 2 aliphatic heterocycles. The molecule has 0 spiro atoms. The fourth-order valence-electron chi connectivity index (χ4n) is 4.49. The average molecular weight is 394 g/mol. The molecule has 4 unspecified atom stereocenters. The zero-order valence-electron chi connectivity index (χ0n) is 16.1. The standard InChI is InChI=1S/C22H22N2O5/c1-3-12-8-10-13(11-9-12)24-19(26)16-17(20(24)27)22(2,21(28)29)23-18(16)14-6-4-5-7-15(14)25/h4-11,16-18,23,25H,3H2,1-2H3,(H,28,29). The molecule has 7 nitrogen and oxygen atoms in total. The van der Waals surface area contributed by atoms with E-state index >= 15 is 0 Å². The monoisotopic (exact) mass is 394 g/mol. The van der Waals surface area contributed by atoms with E-state index in [0.717, 1.165) is 16.9 Å². The first-order valence-electron chi connectivity index (χ1n) is 9.55. The minimum atomic E-state index is -1.64. The number of phenols is 1. The van der Waals surface area contributed by atoms with Crippen LogP contribution in [0.2, 0.25) is 0 Å². The fourth-order valence-corrected chi connectivity index (χ4v) is 4.49. The summed E-state index contributed by atoms with van der Waals surface area (Å²) >= 11 is 0. The molecule has 0 aromatic heterocycles. The van der Waals surface area contributed by atoms with Gasteiger partial charge in [-0.3, -0.25) is 19.7 Å². The number of amides is 2. The Balaban J connectivity index is 1.81. The molecule has 0 saturated carbocycles. The van der Waals surface area contributed by atoms with Crippen LogP contribution in [0.25, 0.3) is 0 Å². The highest BCUT2D eigenvalue weighted by Crippen LogP contribution is 2.50. The van der Waals surface area contributed by atoms with E-state index in [1.165, 1.54) is 13.0 Å². The zero-order chi connectivity index (χ0) is 20.9. The Labute approximate surface area is 168 Å². The van der Waals surface area contributed by atoms with Crippen LogP contribution in [-0.2, 0) is 20.8 Å². The highest BCUT2D eigenvalue weighted by atomic mass is 16.4. The number of aliphatic carboxylic acids is 1. The number of carboxylic acids is 1. The van der Waals surface area contributed by atoms with Crippen molar-refractivity contribution in [2.75, 3.05) is 4.90 Å². The van der Waals surface area contributed by atoms with Gasteiger partial charge in [0.15, 0.2) is 0 Å². The highest BCUT2D eigenvalue weighted by Gasteiger charge is 2.67. The Bertz CT molecular complexity index is 1000. The summed E-state index contributed by atoms with van der Waals surface area (Å²) in [6, 6.07) is 12.8. The number of rotatable bonds is 4. The molecule has 2 aliphatic rings. The van der Waals surface area contributed by atoms with E-state index in [4.69, 9.17) is 0 Å². The number of carboxylic acid groups (broad SMARTS) is 1. The molecular weight excluding hydrogens is 372 g/mol. The molecule has 4 atom stereocenters. The van der Waals surface area contributed by atoms with Crippen molar-refractivity contribution in [1.29, 1.82) is 0 Å². The van der Waals surface area contributed by atoms with Crippen molar-refractivity contribution in [2.45, 2.75) is 31.8 Å². The van der Waals surface area contributed by atoms with Gasteiger partial charge < -0.3 is 10.2 Å². The Hall–Kier alpha value is -3.19. The molecule has 0 aliphatic carbocycles. The van der Waals surface area contributed by atoms with Crippen LogP contribution in [0.1, 0.15) is 31.0 Å². The summed E-state index contributed by atoms with van der Waals surface area (Å²) in [7, 11) is 0. The minimum Gasteiger partial charge on any atom is -0.508 e. The number of aryl methyl sites for hydroxylation is 1. The maximum Gasteiger partial charge on any atom is 0.324 e. The van der Waals surface area contributed by atoms with Crippen LogP contribution >= 0.6 is 0 Å². The predicted octanol–water partition coefficient (Wildman–Crippen LogP) is 2.25. The van der Waals surface area contributed by atoms with Gasteiger partial charge in [0.25, 0.3) is 0 Å². The summed E-state index contributed by atoms with van der Waals surface area (Å²) in [6.07, 6.45) is 0.823. The maximum atomic E-state index is 13.3. The summed E-state index contributed by atoms with van der Waals surface area (Å²) in [6.45, 7) is 3.42. The van der Waals surface area contributed by atoms with Crippen LogP contribution < -0.4 is 10.2 Å². The second kappa shape index (κ2) is 6.70. The van der Waals surface area contributed by atoms with Gasteiger partial charge in [0.2, 0.25) is 11.8 Å². The smallest absolute Gasteiger partial charge is 0.324 e. The lowest BCUT2D eigenvalue weighted by atomic mass is 9.80. The number of nitrogens with zero attached hydrogens (tertiary/aromatic N) is 1. The normalized spacial score (nSPS) is 28.6. The van der Waals surface area contributed by atoms with Gasteiger partial charge in [-0.1, -0.05) is 37.3 Å². The Morgan fingerprint density at radius 2 is 1.76 bits per heavy atom. The summed E-state index contributed by atoms with van der Waals surface area (Å²) in [5, 5.41) is 23.1. The van der Waals surface area contributed by atoms with Crippen LogP contribution in [0.3, 0.4) is 0 Å². The third-order valence-corrected chi connectivity index (χ3v) is 6.11. The number of para-hydroxylation sites is 1. The van der Waals surface area contributed by atoms with Crippen LogP contribution in [0.5, 0.6) is 5.75 Å². The third kappa shape index (κ3) is 2.73. The number of imide groups is 1. The first kappa shape index (κ1) is 19.1. The molecule has 7 heteroatoms. The number of fused-ring (bicyclic) bond motifs is 1. The number of hydrogen-bond donors (Lipinski definition) is 3. The summed E-state index contributed by atoms with van der Waals surface area (Å²) in [4.78, 5) is 39.8. The molecule has 0 radical (unpaired) electrons. The van der Waals surface area contributed by atoms with E-state index in [2.05, 4.69) is 5.32 Å². The van der Waals surface area contributed by atoms with Gasteiger partial charge in [-0.2, -0.15) is 0 Å². The quantitative estimate of drug-likeness (QED) is 0.687. The summed E-state index contributed by atoms with van der Waals surface area (Å²) in [5.74, 6) is -4.28. The minimum absolute atomic E-state index is 0.0515. The average Bonchev–Trinajstić information content (AvgIpc) is 3.16. The zero-order valence-corrected chi connectivity index (χ0v) is 16.1. The molecule has 2 fully saturated rings. The van der Waals surface area contributed by atoms with Crippen LogP contribution in [-0.4, -0.2) is 33.5 Å². The Morgan fingerprint density at radius 1 is 1.10 bits per heavy atom. The van der Waals surface area contributed by atoms with Crippen LogP contribution in [0.4, 0.5) is 5.69 Å². The number of nitrogens with one attached hydrogen (secondary N) is 1. The van der Waals surface area contributed by atoms with Gasteiger partial charge in [-0.25, -0.2) is 4.90 Å². The molecule has 0 bridgehead atoms. The number of anilines is 1. The van der Waals surface area contributed by atoms with Crippen LogP contribution in [0.15, 0.2) is 48.5 Å². The number of phenolic OH excluding ortho intramolecular Hbond substituents is 1. The Kier molecular flexibility index (Phi) is 4.42. The summed E-state index contributed by atoms with van der Waals surface area (Å²) in [5.41, 5.74) is 0.256. The lowest BCUT2D eigenvalue weighted by Crippen LogP contribution is -2.53. The van der Waals surface area contributed by atoms with Crippen molar-refractivity contribution in [3.63, 3.8) is 0 Å². The van der Waals surface area contributed by atoms with E-state index in [-0.39, 0.29) is 5.75 Å². The molecule has 150 valence electrons. The second-order valence-corrected chi connectivity index (χ2v) is 7.72. The lowest BCUT2D eigenvalue weighted by Gasteiger charge is -2.27. The molecule has 3 N–H and O–H groups in total. The Morgan fingerprint density at radius 3 is 2.34 bits per heavy atom. The highest BCUT2D eigenvalue weighted by molar-refractivity contribution is 6.24. The third-order valence-electron chi connectivity index (χ3n) is 6.11. The lowest BCUT2D eigenvalue weighted by molar-refractivity contribution is -0.147. The van der Waals surface area contributed by atoms with Crippen molar-refractivity contribution in [3.05, 3.63) is 59.7 Å². The van der Waals surface area contributed by atoms with Crippen LogP contribution in [0, 0.1) is 11.8 Å². The number of aromatic hydroxyl groups is 1. The van der Waals surface area contributed by atoms with E-state index in [0.29, 0.717) is 11.3 Å². The van der Waals surface area contributed by atoms with Crippen molar-refractivity contribution in [3.8, 4) is 5.75 Å². The van der Waals surface area contributed by atoms with E-state index in [1.54, 1.807) is 30.3 Å². The SMILES string of the molecule is CCc1ccc(N2C(=O)C3C(c4ccccc4O)NC(C)(C(=O)O)C3C2=O)cc1. The molecule has 2 saturated heterocycles. The van der Waals surface area contributed by atoms with Gasteiger partial charge in [-0.15, -0.1) is 0 Å². The molecular formula is C22H22N2O5. The summed E-state index contributed by atoms with van der Waals surface area (Å²) < 4.78 is 0. The van der Waals surface area contributed by atoms with E-state index in [1.807, 2.05) is 19.1 Å². The molecule has 2 aromatic carbocycles. The largest absolute Gasteiger partial charge is 0.508 e. The number of carbonyl (C=O) groups is 3. The predicted molar refractivity (Wildman–Crippen MR) is 105 cm³/mol. The van der Waals surface area contributed by atoms with Crippen molar-refractivity contribution < 1.29 is 24.6 Å². The van der Waals surface area contributed by atoms with Crippen molar-refractivity contribution >= 4 is 23.5 Å². The van der Waals surface area contributed by atoms with Gasteiger partial charge in [0, 0.05) is 11.6 Å². The molecule has 29 heavy (non-hydrogen) atoms. The first-order chi connectivity index (χ1) is 13.8. The van der Waals surface area contributed by atoms with Gasteiger partial charge in [0.1, 0.15) is 11.3 Å². The topological polar surface area (TPSA) is 107 Å². The van der Waals surface area contributed by atoms with E-state index in [9.17, 15) is 24.6 Å². The van der Waals surface area contributed by atoms with Gasteiger partial charge >= 0.3 is 5.97 Å².